The minimum atomic E-state index is -0.438. The van der Waals surface area contributed by atoms with Crippen LogP contribution in [0.15, 0.2) is 77.9 Å². The number of ether oxygens (including phenoxy) is 1. The lowest BCUT2D eigenvalue weighted by Gasteiger charge is -2.10. The molecule has 0 spiro atoms. The molecule has 0 radical (unpaired) electrons. The van der Waals surface area contributed by atoms with Crippen LogP contribution in [0.2, 0.25) is 0 Å². The van der Waals surface area contributed by atoms with Crippen molar-refractivity contribution in [1.29, 1.82) is 0 Å². The number of fused-ring (bicyclic) bond motifs is 1. The molecule has 0 aliphatic carbocycles. The van der Waals surface area contributed by atoms with Crippen LogP contribution in [0, 0.1) is 0 Å². The Kier molecular flexibility index (Phi) is 5.49. The number of hydrogen-bond acceptors (Lipinski definition) is 6. The zero-order chi connectivity index (χ0) is 21.8. The van der Waals surface area contributed by atoms with Crippen LogP contribution < -0.4 is 10.2 Å². The normalized spacial score (nSPS) is 11.0. The highest BCUT2D eigenvalue weighted by atomic mass is 16.5. The van der Waals surface area contributed by atoms with Gasteiger partial charge in [0.2, 0.25) is 0 Å². The van der Waals surface area contributed by atoms with Gasteiger partial charge in [0.1, 0.15) is 17.2 Å². The van der Waals surface area contributed by atoms with E-state index in [1.165, 1.54) is 24.4 Å². The van der Waals surface area contributed by atoms with E-state index >= 15 is 0 Å². The molecule has 0 saturated carbocycles. The van der Waals surface area contributed by atoms with Crippen molar-refractivity contribution >= 4 is 23.0 Å². The number of carbonyl (C=O) groups excluding carboxylic acids is 1. The number of phenolic OH excluding ortho intramolecular Hbond substituents is 2. The number of carbonyl (C=O) groups is 1. The van der Waals surface area contributed by atoms with Crippen LogP contribution in [0.4, 0.5) is 0 Å². The number of phenols is 2. The van der Waals surface area contributed by atoms with Gasteiger partial charge in [-0.2, -0.15) is 5.10 Å². The Hall–Kier alpha value is -4.39. The number of aromatic hydroxyl groups is 2. The largest absolute Gasteiger partial charge is 0.508 e. The number of nitrogens with one attached hydrogen (secondary N) is 1. The van der Waals surface area contributed by atoms with Crippen LogP contribution in [0.5, 0.6) is 17.2 Å². The zero-order valence-corrected chi connectivity index (χ0v) is 16.6. The Bertz CT molecular complexity index is 1290. The second-order valence-corrected chi connectivity index (χ2v) is 6.75. The number of aromatic nitrogens is 1. The van der Waals surface area contributed by atoms with Crippen LogP contribution in [0.3, 0.4) is 0 Å². The van der Waals surface area contributed by atoms with Gasteiger partial charge in [0.15, 0.2) is 0 Å². The van der Waals surface area contributed by atoms with E-state index in [1.54, 1.807) is 31.4 Å². The van der Waals surface area contributed by atoms with Crippen molar-refractivity contribution in [3.8, 4) is 28.5 Å². The molecule has 0 unspecified atom stereocenters. The van der Waals surface area contributed by atoms with E-state index in [4.69, 9.17) is 4.74 Å². The average molecular weight is 413 g/mol. The van der Waals surface area contributed by atoms with Crippen LogP contribution in [0.25, 0.3) is 22.2 Å². The first-order chi connectivity index (χ1) is 15.0. The Labute approximate surface area is 178 Å². The maximum atomic E-state index is 13.0. The van der Waals surface area contributed by atoms with E-state index in [0.717, 1.165) is 5.56 Å². The third-order valence-electron chi connectivity index (χ3n) is 4.71. The van der Waals surface area contributed by atoms with Gasteiger partial charge in [-0.3, -0.25) is 4.79 Å². The molecule has 1 aromatic heterocycles. The molecule has 7 heteroatoms. The molecule has 0 saturated heterocycles. The molecule has 0 atom stereocenters. The number of methoxy groups -OCH3 is 1. The molecule has 0 aliphatic heterocycles. The summed E-state index contributed by atoms with van der Waals surface area (Å²) in [5.74, 6) is -0.0477. The Balaban J connectivity index is 1.71. The second kappa shape index (κ2) is 8.54. The van der Waals surface area contributed by atoms with Gasteiger partial charge in [0.25, 0.3) is 5.91 Å². The van der Waals surface area contributed by atoms with Gasteiger partial charge in [-0.1, -0.05) is 30.3 Å². The molecule has 3 N–H and O–H groups in total. The van der Waals surface area contributed by atoms with Gasteiger partial charge >= 0.3 is 0 Å². The highest BCUT2D eigenvalue weighted by molar-refractivity contribution is 6.07. The minimum Gasteiger partial charge on any atom is -0.508 e. The summed E-state index contributed by atoms with van der Waals surface area (Å²) in [6, 6.07) is 20.7. The lowest BCUT2D eigenvalue weighted by Crippen LogP contribution is -2.18. The number of pyridine rings is 1. The summed E-state index contributed by atoms with van der Waals surface area (Å²) in [7, 11) is 1.56. The predicted molar refractivity (Wildman–Crippen MR) is 119 cm³/mol. The summed E-state index contributed by atoms with van der Waals surface area (Å²) < 4.78 is 5.30. The van der Waals surface area contributed by atoms with E-state index < -0.39 is 5.91 Å². The summed E-state index contributed by atoms with van der Waals surface area (Å²) in [5, 5.41) is 23.8. The van der Waals surface area contributed by atoms with E-state index in [2.05, 4.69) is 15.5 Å². The summed E-state index contributed by atoms with van der Waals surface area (Å²) >= 11 is 0. The topological polar surface area (TPSA) is 104 Å². The molecule has 0 bridgehead atoms. The molecule has 4 aromatic rings. The summed E-state index contributed by atoms with van der Waals surface area (Å²) in [6.07, 6.45) is 1.30. The molecule has 3 aromatic carbocycles. The smallest absolute Gasteiger partial charge is 0.272 e. The number of hydrazone groups is 1. The third-order valence-corrected chi connectivity index (χ3v) is 4.71. The van der Waals surface area contributed by atoms with Gasteiger partial charge in [0.05, 0.1) is 30.1 Å². The van der Waals surface area contributed by atoms with Crippen LogP contribution >= 0.6 is 0 Å². The Morgan fingerprint density at radius 2 is 1.84 bits per heavy atom. The lowest BCUT2D eigenvalue weighted by atomic mass is 10.0. The maximum Gasteiger partial charge on any atom is 0.272 e. The Morgan fingerprint density at radius 1 is 1.03 bits per heavy atom. The van der Waals surface area contributed by atoms with Crippen LogP contribution in [-0.4, -0.2) is 34.4 Å². The van der Waals surface area contributed by atoms with Crippen molar-refractivity contribution < 1.29 is 19.7 Å². The average Bonchev–Trinajstić information content (AvgIpc) is 2.79. The predicted octanol–water partition coefficient (Wildman–Crippen LogP) is 4.09. The van der Waals surface area contributed by atoms with E-state index in [1.807, 2.05) is 30.3 Å². The fraction of sp³-hybridized carbons (Fsp3) is 0.0417. The highest BCUT2D eigenvalue weighted by Gasteiger charge is 2.15. The molecular formula is C24H19N3O4. The van der Waals surface area contributed by atoms with Gasteiger partial charge in [-0.15, -0.1) is 0 Å². The zero-order valence-electron chi connectivity index (χ0n) is 16.6. The molecule has 154 valence electrons. The first-order valence-corrected chi connectivity index (χ1v) is 9.45. The SMILES string of the molecule is COc1ccc2nc(-c3ccccc3)cc(C(=O)NN=Cc3ccc(O)cc3O)c2c1. The molecule has 7 nitrogen and oxygen atoms in total. The van der Waals surface area contributed by atoms with Crippen LogP contribution in [0.1, 0.15) is 15.9 Å². The molecule has 1 amide bonds. The third kappa shape index (κ3) is 4.30. The number of rotatable bonds is 5. The minimum absolute atomic E-state index is 0.0654. The van der Waals surface area contributed by atoms with E-state index in [0.29, 0.717) is 33.5 Å². The van der Waals surface area contributed by atoms with Crippen molar-refractivity contribution in [2.24, 2.45) is 5.10 Å². The fourth-order valence-electron chi connectivity index (χ4n) is 3.14. The standard InChI is InChI=1S/C24H19N3O4/c1-31-18-9-10-21-19(12-18)20(13-22(26-21)15-5-3-2-4-6-15)24(30)27-25-14-16-7-8-17(28)11-23(16)29/h2-14,28-29H,1H3,(H,27,30). The maximum absolute atomic E-state index is 13.0. The van der Waals surface area contributed by atoms with Crippen molar-refractivity contribution in [2.75, 3.05) is 7.11 Å². The second-order valence-electron chi connectivity index (χ2n) is 6.75. The van der Waals surface area contributed by atoms with Gasteiger partial charge in [-0.25, -0.2) is 10.4 Å². The number of hydrogen-bond donors (Lipinski definition) is 3. The monoisotopic (exact) mass is 413 g/mol. The molecule has 1 heterocycles. The van der Waals surface area contributed by atoms with Gasteiger partial charge in [0, 0.05) is 22.6 Å². The highest BCUT2D eigenvalue weighted by Crippen LogP contribution is 2.28. The number of nitrogens with zero attached hydrogens (tertiary/aromatic N) is 2. The van der Waals surface area contributed by atoms with E-state index in [9.17, 15) is 15.0 Å². The molecular weight excluding hydrogens is 394 g/mol. The molecule has 31 heavy (non-hydrogen) atoms. The van der Waals surface area contributed by atoms with Crippen LogP contribution in [-0.2, 0) is 0 Å². The Morgan fingerprint density at radius 3 is 2.58 bits per heavy atom. The van der Waals surface area contributed by atoms with Gasteiger partial charge in [-0.05, 0) is 36.4 Å². The fourth-order valence-corrected chi connectivity index (χ4v) is 3.14. The van der Waals surface area contributed by atoms with Gasteiger partial charge < -0.3 is 14.9 Å². The quantitative estimate of drug-likeness (QED) is 0.338. The lowest BCUT2D eigenvalue weighted by molar-refractivity contribution is 0.0956. The molecule has 0 aliphatic rings. The first-order valence-electron chi connectivity index (χ1n) is 9.45. The summed E-state index contributed by atoms with van der Waals surface area (Å²) in [5.41, 5.74) is 5.40. The molecule has 0 fully saturated rings. The van der Waals surface area contributed by atoms with E-state index in [-0.39, 0.29) is 11.5 Å². The van der Waals surface area contributed by atoms with Crippen molar-refractivity contribution in [3.63, 3.8) is 0 Å². The first kappa shape index (κ1) is 19.9. The van der Waals surface area contributed by atoms with Crippen molar-refractivity contribution in [1.82, 2.24) is 10.4 Å². The van der Waals surface area contributed by atoms with Crippen molar-refractivity contribution in [3.05, 3.63) is 83.9 Å². The number of benzene rings is 3. The summed E-state index contributed by atoms with van der Waals surface area (Å²) in [4.78, 5) is 17.7. The molecule has 4 rings (SSSR count). The summed E-state index contributed by atoms with van der Waals surface area (Å²) in [6.45, 7) is 0. The van der Waals surface area contributed by atoms with Crippen molar-refractivity contribution in [2.45, 2.75) is 0 Å². The number of amides is 1.